The monoisotopic (exact) mass is 313 g/mol. The number of nitrogens with zero attached hydrogens (tertiary/aromatic N) is 6. The van der Waals surface area contributed by atoms with Crippen molar-refractivity contribution in [3.05, 3.63) is 42.9 Å². The van der Waals surface area contributed by atoms with E-state index in [1.807, 2.05) is 17.2 Å². The largest absolute Gasteiger partial charge is 0.367 e. The SMILES string of the molecule is FC1CCN(c2cncc(-c3cn(Cc4ncc[nH]4)nn3)c2)C1. The van der Waals surface area contributed by atoms with Crippen molar-refractivity contribution in [1.82, 2.24) is 29.9 Å². The van der Waals surface area contributed by atoms with Gasteiger partial charge in [0, 0.05) is 37.2 Å². The standard InChI is InChI=1S/C15H16FN7/c16-12-1-4-22(8-12)13-5-11(6-17-7-13)14-9-23(21-20-14)10-15-18-2-3-19-15/h2-3,5-7,9,12H,1,4,8,10H2,(H,18,19). The van der Waals surface area contributed by atoms with Crippen molar-refractivity contribution in [2.45, 2.75) is 19.1 Å². The van der Waals surface area contributed by atoms with Crippen LogP contribution in [0.15, 0.2) is 37.1 Å². The zero-order valence-corrected chi connectivity index (χ0v) is 12.4. The molecule has 23 heavy (non-hydrogen) atoms. The van der Waals surface area contributed by atoms with Crippen molar-refractivity contribution in [3.63, 3.8) is 0 Å². The van der Waals surface area contributed by atoms with Crippen molar-refractivity contribution >= 4 is 5.69 Å². The van der Waals surface area contributed by atoms with E-state index < -0.39 is 6.17 Å². The first-order chi connectivity index (χ1) is 11.3. The molecule has 0 radical (unpaired) electrons. The molecule has 4 heterocycles. The number of aromatic amines is 1. The Morgan fingerprint density at radius 3 is 3.09 bits per heavy atom. The summed E-state index contributed by atoms with van der Waals surface area (Å²) in [6.07, 6.45) is 8.65. The summed E-state index contributed by atoms with van der Waals surface area (Å²) >= 11 is 0. The Morgan fingerprint density at radius 1 is 1.35 bits per heavy atom. The van der Waals surface area contributed by atoms with E-state index >= 15 is 0 Å². The van der Waals surface area contributed by atoms with E-state index in [1.165, 1.54) is 0 Å². The van der Waals surface area contributed by atoms with Gasteiger partial charge in [0.15, 0.2) is 0 Å². The quantitative estimate of drug-likeness (QED) is 0.793. The molecule has 118 valence electrons. The van der Waals surface area contributed by atoms with Crippen LogP contribution in [0, 0.1) is 0 Å². The van der Waals surface area contributed by atoms with Crippen molar-refractivity contribution in [2.24, 2.45) is 0 Å². The topological polar surface area (TPSA) is 75.5 Å². The number of aromatic nitrogens is 6. The summed E-state index contributed by atoms with van der Waals surface area (Å²) in [4.78, 5) is 13.5. The van der Waals surface area contributed by atoms with Crippen molar-refractivity contribution in [1.29, 1.82) is 0 Å². The molecular weight excluding hydrogens is 297 g/mol. The third-order valence-electron chi connectivity index (χ3n) is 3.92. The Labute approximate surface area is 132 Å². The van der Waals surface area contributed by atoms with Gasteiger partial charge in [-0.15, -0.1) is 5.10 Å². The van der Waals surface area contributed by atoms with Gasteiger partial charge in [-0.3, -0.25) is 4.98 Å². The third kappa shape index (κ3) is 2.92. The summed E-state index contributed by atoms with van der Waals surface area (Å²) in [6, 6.07) is 1.98. The van der Waals surface area contributed by atoms with Crippen LogP contribution < -0.4 is 4.90 Å². The number of rotatable bonds is 4. The lowest BCUT2D eigenvalue weighted by atomic mass is 10.2. The second-order valence-corrected chi connectivity index (χ2v) is 5.60. The Balaban J connectivity index is 1.55. The maximum absolute atomic E-state index is 13.4. The number of pyridine rings is 1. The van der Waals surface area contributed by atoms with Gasteiger partial charge in [0.1, 0.15) is 24.2 Å². The van der Waals surface area contributed by atoms with Gasteiger partial charge in [-0.2, -0.15) is 0 Å². The van der Waals surface area contributed by atoms with Crippen LogP contribution in [0.4, 0.5) is 10.1 Å². The number of alkyl halides is 1. The predicted octanol–water partition coefficient (Wildman–Crippen LogP) is 1.66. The van der Waals surface area contributed by atoms with Gasteiger partial charge in [-0.25, -0.2) is 14.1 Å². The molecule has 0 amide bonds. The van der Waals surface area contributed by atoms with Gasteiger partial charge >= 0.3 is 0 Å². The molecule has 1 aliphatic heterocycles. The van der Waals surface area contributed by atoms with Gasteiger partial charge in [0.05, 0.1) is 18.1 Å². The molecule has 1 unspecified atom stereocenters. The summed E-state index contributed by atoms with van der Waals surface area (Å²) in [6.45, 7) is 1.68. The van der Waals surface area contributed by atoms with Crippen molar-refractivity contribution in [3.8, 4) is 11.3 Å². The fourth-order valence-corrected chi connectivity index (χ4v) is 2.74. The number of halogens is 1. The first kappa shape index (κ1) is 13.9. The van der Waals surface area contributed by atoms with Gasteiger partial charge in [-0.05, 0) is 12.5 Å². The van der Waals surface area contributed by atoms with E-state index in [0.29, 0.717) is 19.5 Å². The highest BCUT2D eigenvalue weighted by molar-refractivity contribution is 5.63. The lowest BCUT2D eigenvalue weighted by molar-refractivity contribution is 0.364. The maximum atomic E-state index is 13.4. The van der Waals surface area contributed by atoms with Crippen LogP contribution in [0.1, 0.15) is 12.2 Å². The summed E-state index contributed by atoms with van der Waals surface area (Å²) in [7, 11) is 0. The fourth-order valence-electron chi connectivity index (χ4n) is 2.74. The first-order valence-corrected chi connectivity index (χ1v) is 7.51. The molecule has 7 nitrogen and oxygen atoms in total. The number of hydrogen-bond donors (Lipinski definition) is 1. The number of hydrogen-bond acceptors (Lipinski definition) is 5. The minimum Gasteiger partial charge on any atom is -0.367 e. The molecule has 0 bridgehead atoms. The van der Waals surface area contributed by atoms with E-state index in [1.54, 1.807) is 29.5 Å². The number of nitrogens with one attached hydrogen (secondary N) is 1. The van der Waals surface area contributed by atoms with Crippen LogP contribution in [0.25, 0.3) is 11.3 Å². The average molecular weight is 313 g/mol. The van der Waals surface area contributed by atoms with E-state index in [0.717, 1.165) is 29.3 Å². The zero-order chi connectivity index (χ0) is 15.6. The van der Waals surface area contributed by atoms with Crippen LogP contribution in [-0.2, 0) is 6.54 Å². The molecule has 1 atom stereocenters. The molecule has 0 aromatic carbocycles. The van der Waals surface area contributed by atoms with E-state index in [2.05, 4.69) is 25.3 Å². The van der Waals surface area contributed by atoms with E-state index in [-0.39, 0.29) is 0 Å². The Kier molecular flexibility index (Phi) is 3.49. The maximum Gasteiger partial charge on any atom is 0.127 e. The molecule has 0 saturated carbocycles. The highest BCUT2D eigenvalue weighted by Crippen LogP contribution is 2.25. The van der Waals surface area contributed by atoms with Crippen molar-refractivity contribution in [2.75, 3.05) is 18.0 Å². The number of anilines is 1. The lowest BCUT2D eigenvalue weighted by Crippen LogP contribution is -2.20. The van der Waals surface area contributed by atoms with E-state index in [9.17, 15) is 4.39 Å². The highest BCUT2D eigenvalue weighted by Gasteiger charge is 2.22. The minimum absolute atomic E-state index is 0.427. The fraction of sp³-hybridized carbons (Fsp3) is 0.333. The van der Waals surface area contributed by atoms with Gasteiger partial charge in [-0.1, -0.05) is 5.21 Å². The Bertz CT molecular complexity index is 783. The molecule has 0 aliphatic carbocycles. The van der Waals surface area contributed by atoms with Crippen LogP contribution in [0.3, 0.4) is 0 Å². The molecule has 1 aliphatic rings. The van der Waals surface area contributed by atoms with Crippen LogP contribution in [-0.4, -0.2) is 49.2 Å². The first-order valence-electron chi connectivity index (χ1n) is 7.51. The Morgan fingerprint density at radius 2 is 2.30 bits per heavy atom. The van der Waals surface area contributed by atoms with Crippen LogP contribution in [0.5, 0.6) is 0 Å². The smallest absolute Gasteiger partial charge is 0.127 e. The number of H-pyrrole nitrogens is 1. The van der Waals surface area contributed by atoms with Gasteiger partial charge in [0.2, 0.25) is 0 Å². The van der Waals surface area contributed by atoms with Crippen molar-refractivity contribution < 1.29 is 4.39 Å². The van der Waals surface area contributed by atoms with Gasteiger partial charge in [0.25, 0.3) is 0 Å². The molecule has 8 heteroatoms. The highest BCUT2D eigenvalue weighted by atomic mass is 19.1. The van der Waals surface area contributed by atoms with Crippen LogP contribution >= 0.6 is 0 Å². The summed E-state index contributed by atoms with van der Waals surface area (Å²) in [5.41, 5.74) is 2.53. The number of imidazole rings is 1. The molecule has 4 rings (SSSR count). The minimum atomic E-state index is -0.757. The molecule has 1 N–H and O–H groups in total. The third-order valence-corrected chi connectivity index (χ3v) is 3.92. The molecule has 3 aromatic heterocycles. The average Bonchev–Trinajstić information content (AvgIpc) is 3.30. The lowest BCUT2D eigenvalue weighted by Gasteiger charge is -2.17. The molecule has 0 spiro atoms. The van der Waals surface area contributed by atoms with Gasteiger partial charge < -0.3 is 9.88 Å². The molecular formula is C15H16FN7. The zero-order valence-electron chi connectivity index (χ0n) is 12.4. The van der Waals surface area contributed by atoms with E-state index in [4.69, 9.17) is 0 Å². The van der Waals surface area contributed by atoms with Crippen LogP contribution in [0.2, 0.25) is 0 Å². The predicted molar refractivity (Wildman–Crippen MR) is 82.7 cm³/mol. The molecule has 3 aromatic rings. The molecule has 1 fully saturated rings. The Hall–Kier alpha value is -2.77. The summed E-state index contributed by atoms with van der Waals surface area (Å²) < 4.78 is 15.1. The summed E-state index contributed by atoms with van der Waals surface area (Å²) in [5, 5.41) is 8.30. The second-order valence-electron chi connectivity index (χ2n) is 5.60. The normalized spacial score (nSPS) is 17.8. The second kappa shape index (κ2) is 5.79. The summed E-state index contributed by atoms with van der Waals surface area (Å²) in [5.74, 6) is 0.819. The molecule has 1 saturated heterocycles.